The molecule has 0 fully saturated rings. The Bertz CT molecular complexity index is 630. The van der Waals surface area contributed by atoms with Crippen LogP contribution >= 0.6 is 24.8 Å². The molecule has 0 aliphatic carbocycles. The molecule has 7 nitrogen and oxygen atoms in total. The van der Waals surface area contributed by atoms with E-state index in [0.717, 1.165) is 0 Å². The molecule has 0 aliphatic rings. The monoisotopic (exact) mass is 334 g/mol. The molecule has 0 unspecified atom stereocenters. The third kappa shape index (κ3) is 5.22. The Morgan fingerprint density at radius 1 is 1.29 bits per heavy atom. The van der Waals surface area contributed by atoms with Crippen LogP contribution in [0.1, 0.15) is 5.89 Å². The molecule has 116 valence electrons. The molecule has 21 heavy (non-hydrogen) atoms. The Morgan fingerprint density at radius 2 is 2.00 bits per heavy atom. The fourth-order valence-electron chi connectivity index (χ4n) is 1.58. The van der Waals surface area contributed by atoms with Gasteiger partial charge in [0.2, 0.25) is 11.8 Å². The molecule has 0 radical (unpaired) electrons. The number of anilines is 1. The highest BCUT2D eigenvalue weighted by atomic mass is 35.5. The summed E-state index contributed by atoms with van der Waals surface area (Å²) in [4.78, 5) is 26.6. The predicted molar refractivity (Wildman–Crippen MR) is 83.9 cm³/mol. The van der Waals surface area contributed by atoms with Gasteiger partial charge in [0, 0.05) is 12.6 Å². The predicted octanol–water partition coefficient (Wildman–Crippen LogP) is 0.993. The normalized spacial score (nSPS) is 9.43. The van der Waals surface area contributed by atoms with Gasteiger partial charge in [0.1, 0.15) is 5.52 Å². The molecule has 0 aliphatic heterocycles. The van der Waals surface area contributed by atoms with Gasteiger partial charge in [0.05, 0.1) is 13.1 Å². The molecule has 4 N–H and O–H groups in total. The first-order valence-electron chi connectivity index (χ1n) is 5.72. The van der Waals surface area contributed by atoms with Gasteiger partial charge in [-0.05, 0) is 18.2 Å². The lowest BCUT2D eigenvalue weighted by molar-refractivity contribution is -0.123. The number of nitrogens with one attached hydrogen (secondary N) is 2. The van der Waals surface area contributed by atoms with Crippen molar-refractivity contribution in [1.29, 1.82) is 0 Å². The molecule has 0 atom stereocenters. The Balaban J connectivity index is 0.00000200. The molecule has 1 heterocycles. The van der Waals surface area contributed by atoms with E-state index < -0.39 is 0 Å². The number of aryl methyl sites for hydroxylation is 1. The van der Waals surface area contributed by atoms with E-state index in [2.05, 4.69) is 15.6 Å². The number of nitrogens with two attached hydrogens (primary N) is 1. The van der Waals surface area contributed by atoms with Gasteiger partial charge < -0.3 is 20.8 Å². The number of carbonyl (C=O) groups excluding carboxylic acids is 2. The Hall–Kier alpha value is -1.83. The number of hydrogen-bond donors (Lipinski definition) is 3. The minimum atomic E-state index is -0.377. The van der Waals surface area contributed by atoms with Gasteiger partial charge in [-0.15, -0.1) is 24.8 Å². The van der Waals surface area contributed by atoms with Gasteiger partial charge >= 0.3 is 0 Å². The fourth-order valence-corrected chi connectivity index (χ4v) is 1.58. The lowest BCUT2D eigenvalue weighted by atomic mass is 10.3. The van der Waals surface area contributed by atoms with E-state index in [1.165, 1.54) is 0 Å². The second kappa shape index (κ2) is 8.46. The van der Waals surface area contributed by atoms with Crippen LogP contribution in [0.25, 0.3) is 11.1 Å². The molecule has 1 aromatic heterocycles. The van der Waals surface area contributed by atoms with Gasteiger partial charge in [-0.2, -0.15) is 0 Å². The summed E-state index contributed by atoms with van der Waals surface area (Å²) in [6.07, 6.45) is 0. The molecule has 1 aromatic carbocycles. The van der Waals surface area contributed by atoms with Crippen molar-refractivity contribution in [3.05, 3.63) is 24.1 Å². The minimum Gasteiger partial charge on any atom is -0.441 e. The summed E-state index contributed by atoms with van der Waals surface area (Å²) < 4.78 is 5.33. The molecule has 0 spiro atoms. The summed E-state index contributed by atoms with van der Waals surface area (Å²) in [5.41, 5.74) is 7.03. The van der Waals surface area contributed by atoms with Crippen LogP contribution in [0.5, 0.6) is 0 Å². The van der Waals surface area contributed by atoms with E-state index in [0.29, 0.717) is 22.7 Å². The Kier molecular flexibility index (Phi) is 7.72. The van der Waals surface area contributed by atoms with Crippen LogP contribution in [0.3, 0.4) is 0 Å². The second-order valence-corrected chi connectivity index (χ2v) is 3.94. The summed E-state index contributed by atoms with van der Waals surface area (Å²) in [7, 11) is 0. The standard InChI is InChI=1S/C12H14N4O3.2ClH/c1-7-15-9-4-8(2-3-10(9)19-7)16-12(18)6-14-11(17)5-13;;/h2-4H,5-6,13H2,1H3,(H,14,17)(H,16,18);2*1H. The zero-order valence-corrected chi connectivity index (χ0v) is 12.8. The van der Waals surface area contributed by atoms with Crippen molar-refractivity contribution in [3.8, 4) is 0 Å². The van der Waals surface area contributed by atoms with E-state index in [-0.39, 0.29) is 49.7 Å². The third-order valence-electron chi connectivity index (χ3n) is 2.41. The van der Waals surface area contributed by atoms with Crippen molar-refractivity contribution in [3.63, 3.8) is 0 Å². The molecule has 0 bridgehead atoms. The zero-order chi connectivity index (χ0) is 13.8. The number of hydrogen-bond acceptors (Lipinski definition) is 5. The topological polar surface area (TPSA) is 110 Å². The number of nitrogens with zero attached hydrogens (tertiary/aromatic N) is 1. The van der Waals surface area contributed by atoms with E-state index in [1.807, 2.05) is 0 Å². The Morgan fingerprint density at radius 3 is 2.67 bits per heavy atom. The van der Waals surface area contributed by atoms with Crippen molar-refractivity contribution in [2.24, 2.45) is 5.73 Å². The highest BCUT2D eigenvalue weighted by Gasteiger charge is 2.07. The first-order valence-corrected chi connectivity index (χ1v) is 5.72. The van der Waals surface area contributed by atoms with Crippen molar-refractivity contribution in [1.82, 2.24) is 10.3 Å². The lowest BCUT2D eigenvalue weighted by Gasteiger charge is -2.05. The van der Waals surface area contributed by atoms with Crippen LogP contribution in [0.15, 0.2) is 22.6 Å². The molecule has 2 rings (SSSR count). The van der Waals surface area contributed by atoms with Gasteiger partial charge in [-0.25, -0.2) is 4.98 Å². The maximum atomic E-state index is 11.6. The molecular weight excluding hydrogens is 319 g/mol. The number of rotatable bonds is 4. The van der Waals surface area contributed by atoms with Gasteiger partial charge in [0.15, 0.2) is 11.5 Å². The van der Waals surface area contributed by atoms with E-state index in [4.69, 9.17) is 10.2 Å². The van der Waals surface area contributed by atoms with Gasteiger partial charge in [0.25, 0.3) is 0 Å². The molecular formula is C12H16Cl2N4O3. The summed E-state index contributed by atoms with van der Waals surface area (Å²) >= 11 is 0. The molecule has 0 saturated carbocycles. The summed E-state index contributed by atoms with van der Waals surface area (Å²) in [5, 5.41) is 5.03. The van der Waals surface area contributed by atoms with Crippen LogP contribution in [-0.2, 0) is 9.59 Å². The quantitative estimate of drug-likeness (QED) is 0.772. The van der Waals surface area contributed by atoms with Crippen molar-refractivity contribution >= 4 is 53.4 Å². The largest absolute Gasteiger partial charge is 0.441 e. The smallest absolute Gasteiger partial charge is 0.243 e. The van der Waals surface area contributed by atoms with Crippen LogP contribution < -0.4 is 16.4 Å². The molecule has 9 heteroatoms. The number of aromatic nitrogens is 1. The van der Waals surface area contributed by atoms with Crippen LogP contribution in [-0.4, -0.2) is 29.9 Å². The number of benzene rings is 1. The first-order chi connectivity index (χ1) is 9.08. The van der Waals surface area contributed by atoms with E-state index >= 15 is 0 Å². The van der Waals surface area contributed by atoms with Crippen LogP contribution in [0.2, 0.25) is 0 Å². The van der Waals surface area contributed by atoms with Crippen LogP contribution in [0.4, 0.5) is 5.69 Å². The number of carbonyl (C=O) groups is 2. The van der Waals surface area contributed by atoms with Gasteiger partial charge in [-0.1, -0.05) is 0 Å². The first kappa shape index (κ1) is 19.2. The highest BCUT2D eigenvalue weighted by Crippen LogP contribution is 2.19. The van der Waals surface area contributed by atoms with Crippen molar-refractivity contribution < 1.29 is 14.0 Å². The number of amides is 2. The fraction of sp³-hybridized carbons (Fsp3) is 0.250. The van der Waals surface area contributed by atoms with Crippen molar-refractivity contribution in [2.75, 3.05) is 18.4 Å². The second-order valence-electron chi connectivity index (χ2n) is 3.94. The molecule has 2 aromatic rings. The minimum absolute atomic E-state index is 0. The summed E-state index contributed by atoms with van der Waals surface area (Å²) in [6, 6.07) is 5.13. The Labute approximate surface area is 133 Å². The number of fused-ring (bicyclic) bond motifs is 1. The molecule has 0 saturated heterocycles. The molecule has 2 amide bonds. The average Bonchev–Trinajstić information content (AvgIpc) is 2.75. The lowest BCUT2D eigenvalue weighted by Crippen LogP contribution is -2.36. The SMILES string of the molecule is Cc1nc2cc(NC(=O)CNC(=O)CN)ccc2o1.Cl.Cl. The third-order valence-corrected chi connectivity index (χ3v) is 2.41. The van der Waals surface area contributed by atoms with Gasteiger partial charge in [-0.3, -0.25) is 9.59 Å². The summed E-state index contributed by atoms with van der Waals surface area (Å²) in [6.45, 7) is 1.49. The van der Waals surface area contributed by atoms with E-state index in [1.54, 1.807) is 25.1 Å². The maximum absolute atomic E-state index is 11.6. The zero-order valence-electron chi connectivity index (χ0n) is 11.2. The maximum Gasteiger partial charge on any atom is 0.243 e. The average molecular weight is 335 g/mol. The van der Waals surface area contributed by atoms with Crippen molar-refractivity contribution in [2.45, 2.75) is 6.92 Å². The number of halogens is 2. The van der Waals surface area contributed by atoms with Crippen LogP contribution in [0, 0.1) is 6.92 Å². The highest BCUT2D eigenvalue weighted by molar-refractivity contribution is 5.96. The number of oxazole rings is 1. The van der Waals surface area contributed by atoms with E-state index in [9.17, 15) is 9.59 Å². The summed E-state index contributed by atoms with van der Waals surface area (Å²) in [5.74, 6) is -0.146.